The summed E-state index contributed by atoms with van der Waals surface area (Å²) in [5.41, 5.74) is 1.75. The van der Waals surface area contributed by atoms with Gasteiger partial charge in [0, 0.05) is 37.5 Å². The second-order valence-electron chi connectivity index (χ2n) is 6.34. The number of carbonyl (C=O) groups is 2. The monoisotopic (exact) mass is 314 g/mol. The van der Waals surface area contributed by atoms with Crippen LogP contribution >= 0.6 is 0 Å². The summed E-state index contributed by atoms with van der Waals surface area (Å²) in [6.07, 6.45) is 2.78. The maximum atomic E-state index is 12.9. The molecule has 1 atom stereocenters. The smallest absolute Gasteiger partial charge is 0.303 e. The zero-order valence-corrected chi connectivity index (χ0v) is 13.4. The van der Waals surface area contributed by atoms with Gasteiger partial charge in [-0.25, -0.2) is 0 Å². The summed E-state index contributed by atoms with van der Waals surface area (Å²) in [5.74, 6) is -0.427. The van der Waals surface area contributed by atoms with Crippen molar-refractivity contribution >= 4 is 22.8 Å². The number of amides is 1. The van der Waals surface area contributed by atoms with Crippen LogP contribution in [0.25, 0.3) is 10.9 Å². The van der Waals surface area contributed by atoms with E-state index in [0.717, 1.165) is 30.3 Å². The maximum absolute atomic E-state index is 12.9. The molecule has 2 heterocycles. The lowest BCUT2D eigenvalue weighted by atomic mass is 9.93. The van der Waals surface area contributed by atoms with Gasteiger partial charge in [-0.15, -0.1) is 0 Å². The van der Waals surface area contributed by atoms with Crippen LogP contribution in [0.3, 0.4) is 0 Å². The predicted octanol–water partition coefficient (Wildman–Crippen LogP) is 2.90. The molecule has 1 aromatic carbocycles. The van der Waals surface area contributed by atoms with Crippen molar-refractivity contribution in [2.24, 2.45) is 13.0 Å². The number of aliphatic carboxylic acids is 1. The Labute approximate surface area is 135 Å². The van der Waals surface area contributed by atoms with Crippen molar-refractivity contribution in [3.63, 3.8) is 0 Å². The first-order valence-electron chi connectivity index (χ1n) is 8.12. The Hall–Kier alpha value is -2.30. The third kappa shape index (κ3) is 3.23. The van der Waals surface area contributed by atoms with E-state index in [9.17, 15) is 9.59 Å². The number of para-hydroxylation sites is 1. The highest BCUT2D eigenvalue weighted by atomic mass is 16.4. The molecular formula is C18H22N2O3. The van der Waals surface area contributed by atoms with Crippen LogP contribution in [0.1, 0.15) is 36.2 Å². The molecule has 122 valence electrons. The molecule has 0 spiro atoms. The Morgan fingerprint density at radius 1 is 1.30 bits per heavy atom. The summed E-state index contributed by atoms with van der Waals surface area (Å²) < 4.78 is 1.94. The summed E-state index contributed by atoms with van der Waals surface area (Å²) in [5, 5.41) is 9.90. The van der Waals surface area contributed by atoms with Gasteiger partial charge < -0.3 is 14.6 Å². The molecule has 0 radical (unpaired) electrons. The molecule has 5 nitrogen and oxygen atoms in total. The van der Waals surface area contributed by atoms with Gasteiger partial charge >= 0.3 is 5.97 Å². The zero-order chi connectivity index (χ0) is 16.4. The predicted molar refractivity (Wildman–Crippen MR) is 88.4 cm³/mol. The van der Waals surface area contributed by atoms with Gasteiger partial charge in [-0.05, 0) is 37.3 Å². The van der Waals surface area contributed by atoms with E-state index in [-0.39, 0.29) is 12.3 Å². The summed E-state index contributed by atoms with van der Waals surface area (Å²) >= 11 is 0. The third-order valence-electron chi connectivity index (χ3n) is 4.74. The van der Waals surface area contributed by atoms with Crippen LogP contribution in [0.2, 0.25) is 0 Å². The van der Waals surface area contributed by atoms with E-state index in [2.05, 4.69) is 0 Å². The lowest BCUT2D eigenvalue weighted by Crippen LogP contribution is -2.40. The molecule has 1 aliphatic heterocycles. The number of piperidine rings is 1. The summed E-state index contributed by atoms with van der Waals surface area (Å²) in [7, 11) is 1.92. The second kappa shape index (κ2) is 6.44. The fourth-order valence-electron chi connectivity index (χ4n) is 3.47. The average molecular weight is 314 g/mol. The molecule has 1 amide bonds. The molecule has 0 bridgehead atoms. The second-order valence-corrected chi connectivity index (χ2v) is 6.34. The van der Waals surface area contributed by atoms with Gasteiger partial charge in [0.05, 0.1) is 0 Å². The first-order chi connectivity index (χ1) is 11.1. The van der Waals surface area contributed by atoms with Gasteiger partial charge in [-0.2, -0.15) is 0 Å². The highest BCUT2D eigenvalue weighted by Gasteiger charge is 2.26. The Morgan fingerprint density at radius 3 is 2.83 bits per heavy atom. The maximum Gasteiger partial charge on any atom is 0.303 e. The van der Waals surface area contributed by atoms with Crippen molar-refractivity contribution in [3.8, 4) is 0 Å². The summed E-state index contributed by atoms with van der Waals surface area (Å²) in [6.45, 7) is 1.41. The van der Waals surface area contributed by atoms with Crippen molar-refractivity contribution in [2.45, 2.75) is 25.7 Å². The van der Waals surface area contributed by atoms with Crippen LogP contribution in [0.5, 0.6) is 0 Å². The first kappa shape index (κ1) is 15.6. The minimum atomic E-state index is -0.762. The number of carboxylic acid groups (broad SMARTS) is 1. The van der Waals surface area contributed by atoms with Crippen LogP contribution < -0.4 is 0 Å². The van der Waals surface area contributed by atoms with E-state index in [1.807, 2.05) is 46.8 Å². The number of rotatable bonds is 4. The number of likely N-dealkylation sites (tertiary alicyclic amines) is 1. The van der Waals surface area contributed by atoms with E-state index in [1.165, 1.54) is 0 Å². The van der Waals surface area contributed by atoms with Crippen molar-refractivity contribution in [2.75, 3.05) is 13.1 Å². The SMILES string of the molecule is Cn1c(C(=O)N2CCCC(CCC(=O)O)C2)cc2ccccc21. The van der Waals surface area contributed by atoms with Gasteiger partial charge in [0.2, 0.25) is 0 Å². The van der Waals surface area contributed by atoms with Crippen molar-refractivity contribution < 1.29 is 14.7 Å². The van der Waals surface area contributed by atoms with Crippen LogP contribution in [0.15, 0.2) is 30.3 Å². The minimum absolute atomic E-state index is 0.0451. The van der Waals surface area contributed by atoms with E-state index < -0.39 is 5.97 Å². The average Bonchev–Trinajstić information content (AvgIpc) is 2.90. The topological polar surface area (TPSA) is 62.5 Å². The Morgan fingerprint density at radius 2 is 2.09 bits per heavy atom. The van der Waals surface area contributed by atoms with Gasteiger partial charge in [0.25, 0.3) is 5.91 Å². The van der Waals surface area contributed by atoms with Crippen LogP contribution in [-0.2, 0) is 11.8 Å². The fraction of sp³-hybridized carbons (Fsp3) is 0.444. The number of carboxylic acids is 1. The molecule has 3 rings (SSSR count). The van der Waals surface area contributed by atoms with Crippen LogP contribution in [0.4, 0.5) is 0 Å². The number of benzene rings is 1. The highest BCUT2D eigenvalue weighted by Crippen LogP contribution is 2.24. The normalized spacial score (nSPS) is 18.3. The summed E-state index contributed by atoms with van der Waals surface area (Å²) in [6, 6.07) is 9.91. The van der Waals surface area contributed by atoms with E-state index in [4.69, 9.17) is 5.11 Å². The number of fused-ring (bicyclic) bond motifs is 1. The van der Waals surface area contributed by atoms with Crippen LogP contribution in [0, 0.1) is 5.92 Å². The molecule has 1 unspecified atom stereocenters. The molecule has 0 saturated carbocycles. The van der Waals surface area contributed by atoms with E-state index in [1.54, 1.807) is 0 Å². The molecule has 5 heteroatoms. The minimum Gasteiger partial charge on any atom is -0.481 e. The number of aryl methyl sites for hydroxylation is 1. The fourth-order valence-corrected chi connectivity index (χ4v) is 3.47. The molecule has 1 N–H and O–H groups in total. The highest BCUT2D eigenvalue weighted by molar-refractivity contribution is 5.98. The molecule has 1 aromatic heterocycles. The van der Waals surface area contributed by atoms with Gasteiger partial charge in [0.1, 0.15) is 5.69 Å². The largest absolute Gasteiger partial charge is 0.481 e. The molecule has 1 fully saturated rings. The molecule has 1 aliphatic rings. The van der Waals surface area contributed by atoms with Gasteiger partial charge in [0.15, 0.2) is 0 Å². The van der Waals surface area contributed by atoms with E-state index >= 15 is 0 Å². The molecular weight excluding hydrogens is 292 g/mol. The van der Waals surface area contributed by atoms with Crippen molar-refractivity contribution in [1.29, 1.82) is 0 Å². The lowest BCUT2D eigenvalue weighted by molar-refractivity contribution is -0.137. The van der Waals surface area contributed by atoms with E-state index in [0.29, 0.717) is 24.6 Å². The zero-order valence-electron chi connectivity index (χ0n) is 13.4. The standard InChI is InChI=1S/C18H22N2O3/c1-19-15-7-3-2-6-14(15)11-16(19)18(23)20-10-4-5-13(12-20)8-9-17(21)22/h2-3,6-7,11,13H,4-5,8-10,12H2,1H3,(H,21,22). The van der Waals surface area contributed by atoms with Crippen LogP contribution in [-0.4, -0.2) is 39.5 Å². The molecule has 1 saturated heterocycles. The summed E-state index contributed by atoms with van der Waals surface area (Å²) in [4.78, 5) is 25.5. The molecule has 2 aromatic rings. The quantitative estimate of drug-likeness (QED) is 0.944. The Bertz CT molecular complexity index is 735. The Kier molecular flexibility index (Phi) is 4.37. The molecule has 0 aliphatic carbocycles. The third-order valence-corrected chi connectivity index (χ3v) is 4.74. The Balaban J connectivity index is 1.76. The molecule has 23 heavy (non-hydrogen) atoms. The number of hydrogen-bond acceptors (Lipinski definition) is 2. The number of nitrogens with zero attached hydrogens (tertiary/aromatic N) is 2. The number of carbonyl (C=O) groups excluding carboxylic acids is 1. The first-order valence-corrected chi connectivity index (χ1v) is 8.12. The van der Waals surface area contributed by atoms with Gasteiger partial charge in [-0.3, -0.25) is 9.59 Å². The lowest BCUT2D eigenvalue weighted by Gasteiger charge is -2.32. The van der Waals surface area contributed by atoms with Crippen molar-refractivity contribution in [1.82, 2.24) is 9.47 Å². The van der Waals surface area contributed by atoms with Gasteiger partial charge in [-0.1, -0.05) is 18.2 Å². The van der Waals surface area contributed by atoms with Crippen molar-refractivity contribution in [3.05, 3.63) is 36.0 Å². The number of hydrogen-bond donors (Lipinski definition) is 1. The number of aromatic nitrogens is 1.